The van der Waals surface area contributed by atoms with Crippen molar-refractivity contribution in [3.8, 4) is 0 Å². The molecule has 0 aliphatic carbocycles. The smallest absolute Gasteiger partial charge is 0.270 e. The minimum absolute atomic E-state index is 0.00770. The van der Waals surface area contributed by atoms with E-state index in [1.807, 2.05) is 66.4 Å². The summed E-state index contributed by atoms with van der Waals surface area (Å²) in [6.45, 7) is 7.71. The molecule has 1 aromatic heterocycles. The van der Waals surface area contributed by atoms with Gasteiger partial charge in [0.2, 0.25) is 5.91 Å². The number of rotatable bonds is 5. The first-order chi connectivity index (χ1) is 16.6. The van der Waals surface area contributed by atoms with Crippen LogP contribution in [-0.2, 0) is 9.53 Å². The molecule has 178 valence electrons. The first kappa shape index (κ1) is 22.4. The third-order valence-electron chi connectivity index (χ3n) is 6.80. The molecule has 34 heavy (non-hydrogen) atoms. The fraction of sp³-hybridized carbons (Fsp3) is 0.385. The predicted octanol–water partition coefficient (Wildman–Crippen LogP) is 2.79. The maximum atomic E-state index is 12.9. The van der Waals surface area contributed by atoms with Gasteiger partial charge in [-0.25, -0.2) is 0 Å². The number of nitrogens with one attached hydrogen (secondary N) is 2. The number of benzene rings is 2. The Kier molecular flexibility index (Phi) is 6.51. The maximum absolute atomic E-state index is 12.9. The number of fused-ring (bicyclic) bond motifs is 1. The molecular weight excluding hydrogens is 430 g/mol. The second kappa shape index (κ2) is 9.87. The molecule has 0 spiro atoms. The number of nitrogens with zero attached hydrogens (tertiary/aromatic N) is 3. The van der Waals surface area contributed by atoms with E-state index in [0.29, 0.717) is 31.9 Å². The van der Waals surface area contributed by atoms with Gasteiger partial charge in [0.1, 0.15) is 5.69 Å². The number of hydrogen-bond acceptors (Lipinski definition) is 5. The average molecular weight is 462 g/mol. The van der Waals surface area contributed by atoms with Crippen LogP contribution in [0.15, 0.2) is 54.6 Å². The van der Waals surface area contributed by atoms with E-state index in [9.17, 15) is 9.59 Å². The fourth-order valence-electron chi connectivity index (χ4n) is 4.66. The number of amides is 2. The third-order valence-corrected chi connectivity index (χ3v) is 6.80. The van der Waals surface area contributed by atoms with Crippen molar-refractivity contribution in [1.82, 2.24) is 14.8 Å². The van der Waals surface area contributed by atoms with Gasteiger partial charge in [-0.05, 0) is 43.3 Å². The number of morpholine rings is 1. The van der Waals surface area contributed by atoms with Crippen LogP contribution < -0.4 is 10.2 Å². The summed E-state index contributed by atoms with van der Waals surface area (Å²) in [5.74, 6) is -0.0252. The van der Waals surface area contributed by atoms with Gasteiger partial charge in [0.05, 0.1) is 19.3 Å². The molecule has 2 aromatic carbocycles. The van der Waals surface area contributed by atoms with Crippen molar-refractivity contribution in [2.24, 2.45) is 0 Å². The van der Waals surface area contributed by atoms with Gasteiger partial charge in [-0.15, -0.1) is 0 Å². The van der Waals surface area contributed by atoms with Crippen molar-refractivity contribution in [3.63, 3.8) is 0 Å². The highest BCUT2D eigenvalue weighted by Gasteiger charge is 2.28. The number of anilines is 2. The lowest BCUT2D eigenvalue weighted by Gasteiger charge is -2.37. The number of aromatic nitrogens is 1. The van der Waals surface area contributed by atoms with Gasteiger partial charge in [0.15, 0.2) is 0 Å². The van der Waals surface area contributed by atoms with Crippen molar-refractivity contribution in [2.45, 2.75) is 13.0 Å². The van der Waals surface area contributed by atoms with E-state index in [-0.39, 0.29) is 17.9 Å². The summed E-state index contributed by atoms with van der Waals surface area (Å²) >= 11 is 0. The number of H-pyrrole nitrogens is 1. The first-order valence-corrected chi connectivity index (χ1v) is 11.9. The molecule has 0 bridgehead atoms. The average Bonchev–Trinajstić information content (AvgIpc) is 3.33. The van der Waals surface area contributed by atoms with Crippen LogP contribution in [0, 0.1) is 0 Å². The van der Waals surface area contributed by atoms with Crippen molar-refractivity contribution >= 4 is 34.1 Å². The highest BCUT2D eigenvalue weighted by Crippen LogP contribution is 2.20. The number of aromatic amines is 1. The number of hydrogen-bond donors (Lipinski definition) is 2. The molecule has 5 rings (SSSR count). The Bertz CT molecular complexity index is 1110. The molecule has 2 N–H and O–H groups in total. The minimum atomic E-state index is -0.274. The van der Waals surface area contributed by atoms with Gasteiger partial charge in [0, 0.05) is 61.5 Å². The highest BCUT2D eigenvalue weighted by atomic mass is 16.5. The summed E-state index contributed by atoms with van der Waals surface area (Å²) in [5.41, 5.74) is 3.51. The van der Waals surface area contributed by atoms with Crippen molar-refractivity contribution in [2.75, 3.05) is 62.7 Å². The standard InChI is InChI=1S/C26H31N5O3/c1-19(25(32)27-21-6-8-22(9-7-21)30-14-16-34-17-15-30)29-10-12-31(13-11-29)26(33)24-18-20-4-2-3-5-23(20)28-24/h2-9,18-19,28H,10-17H2,1H3,(H,27,32). The lowest BCUT2D eigenvalue weighted by molar-refractivity contribution is -0.121. The van der Waals surface area contributed by atoms with Crippen molar-refractivity contribution in [3.05, 3.63) is 60.3 Å². The second-order valence-electron chi connectivity index (χ2n) is 8.91. The molecule has 3 aromatic rings. The van der Waals surface area contributed by atoms with E-state index in [1.54, 1.807) is 0 Å². The maximum Gasteiger partial charge on any atom is 0.270 e. The summed E-state index contributed by atoms with van der Waals surface area (Å²) in [5, 5.41) is 4.07. The molecule has 2 aliphatic rings. The first-order valence-electron chi connectivity index (χ1n) is 11.9. The molecule has 8 heteroatoms. The Balaban J connectivity index is 1.13. The number of ether oxygens (including phenoxy) is 1. The van der Waals surface area contributed by atoms with E-state index in [1.165, 1.54) is 0 Å². The molecule has 3 heterocycles. The van der Waals surface area contributed by atoms with Crippen LogP contribution in [0.25, 0.3) is 10.9 Å². The highest BCUT2D eigenvalue weighted by molar-refractivity contribution is 5.98. The topological polar surface area (TPSA) is 80.9 Å². The van der Waals surface area contributed by atoms with E-state index in [4.69, 9.17) is 4.74 Å². The Morgan fingerprint density at radius 3 is 2.35 bits per heavy atom. The van der Waals surface area contributed by atoms with Gasteiger partial charge in [-0.2, -0.15) is 0 Å². The quantitative estimate of drug-likeness (QED) is 0.611. The summed E-state index contributed by atoms with van der Waals surface area (Å²) in [6, 6.07) is 17.5. The summed E-state index contributed by atoms with van der Waals surface area (Å²) in [6.07, 6.45) is 0. The normalized spacial score (nSPS) is 18.1. The zero-order valence-electron chi connectivity index (χ0n) is 19.5. The van der Waals surface area contributed by atoms with Crippen LogP contribution in [0.5, 0.6) is 0 Å². The zero-order chi connectivity index (χ0) is 23.5. The number of carbonyl (C=O) groups is 2. The molecule has 8 nitrogen and oxygen atoms in total. The van der Waals surface area contributed by atoms with Crippen LogP contribution in [0.1, 0.15) is 17.4 Å². The minimum Gasteiger partial charge on any atom is -0.378 e. The fourth-order valence-corrected chi connectivity index (χ4v) is 4.66. The zero-order valence-corrected chi connectivity index (χ0v) is 19.5. The number of para-hydroxylation sites is 1. The Morgan fingerprint density at radius 1 is 0.941 bits per heavy atom. The van der Waals surface area contributed by atoms with E-state index >= 15 is 0 Å². The third kappa shape index (κ3) is 4.78. The molecule has 2 saturated heterocycles. The van der Waals surface area contributed by atoms with E-state index in [0.717, 1.165) is 48.6 Å². The monoisotopic (exact) mass is 461 g/mol. The van der Waals surface area contributed by atoms with Crippen LogP contribution in [0.4, 0.5) is 11.4 Å². The van der Waals surface area contributed by atoms with Crippen molar-refractivity contribution in [1.29, 1.82) is 0 Å². The number of piperazine rings is 1. The molecule has 1 atom stereocenters. The Labute approximate surface area is 199 Å². The van der Waals surface area contributed by atoms with Crippen LogP contribution in [0.2, 0.25) is 0 Å². The van der Waals surface area contributed by atoms with Crippen LogP contribution >= 0.6 is 0 Å². The van der Waals surface area contributed by atoms with Gasteiger partial charge in [0.25, 0.3) is 5.91 Å². The van der Waals surface area contributed by atoms with Gasteiger partial charge < -0.3 is 24.8 Å². The molecule has 1 unspecified atom stereocenters. The molecule has 0 saturated carbocycles. The SMILES string of the molecule is CC(C(=O)Nc1ccc(N2CCOCC2)cc1)N1CCN(C(=O)c2cc3ccccc3[nH]2)CC1. The lowest BCUT2D eigenvalue weighted by Crippen LogP contribution is -2.54. The summed E-state index contributed by atoms with van der Waals surface area (Å²) in [7, 11) is 0. The van der Waals surface area contributed by atoms with Gasteiger partial charge in [-0.1, -0.05) is 18.2 Å². The van der Waals surface area contributed by atoms with Gasteiger partial charge in [-0.3, -0.25) is 14.5 Å². The molecular formula is C26H31N5O3. The molecule has 0 radical (unpaired) electrons. The molecule has 2 aliphatic heterocycles. The van der Waals surface area contributed by atoms with Crippen LogP contribution in [-0.4, -0.2) is 85.1 Å². The largest absolute Gasteiger partial charge is 0.378 e. The van der Waals surface area contributed by atoms with E-state index in [2.05, 4.69) is 20.1 Å². The number of carbonyl (C=O) groups excluding carboxylic acids is 2. The summed E-state index contributed by atoms with van der Waals surface area (Å²) in [4.78, 5) is 35.3. The van der Waals surface area contributed by atoms with Crippen LogP contribution in [0.3, 0.4) is 0 Å². The van der Waals surface area contributed by atoms with E-state index < -0.39 is 0 Å². The predicted molar refractivity (Wildman–Crippen MR) is 133 cm³/mol. The molecule has 2 fully saturated rings. The Morgan fingerprint density at radius 2 is 1.65 bits per heavy atom. The lowest BCUT2D eigenvalue weighted by atomic mass is 10.2. The second-order valence-corrected chi connectivity index (χ2v) is 8.91. The molecule has 2 amide bonds. The summed E-state index contributed by atoms with van der Waals surface area (Å²) < 4.78 is 5.41. The van der Waals surface area contributed by atoms with Gasteiger partial charge >= 0.3 is 0 Å². The van der Waals surface area contributed by atoms with Crippen molar-refractivity contribution < 1.29 is 14.3 Å². The Hall–Kier alpha value is -3.36.